The number of nitriles is 1. The highest BCUT2D eigenvalue weighted by Crippen LogP contribution is 2.32. The number of carbonyl (C=O) groups is 3. The van der Waals surface area contributed by atoms with Gasteiger partial charge in [0.15, 0.2) is 0 Å². The molecule has 2 aromatic carbocycles. The second-order valence-corrected chi connectivity index (χ2v) is 11.5. The summed E-state index contributed by atoms with van der Waals surface area (Å²) < 4.78 is 0. The molecule has 3 heterocycles. The first-order valence-corrected chi connectivity index (χ1v) is 14.6. The van der Waals surface area contributed by atoms with Gasteiger partial charge in [0.2, 0.25) is 11.8 Å². The van der Waals surface area contributed by atoms with Crippen molar-refractivity contribution in [2.75, 3.05) is 19.6 Å². The van der Waals surface area contributed by atoms with Crippen LogP contribution in [0.5, 0.6) is 0 Å². The Bertz CT molecular complexity index is 1290. The Morgan fingerprint density at radius 1 is 1.17 bits per heavy atom. The fraction of sp³-hybridized carbons (Fsp3) is 0.467. The molecular weight excluding hydrogens is 565 g/mol. The van der Waals surface area contributed by atoms with Crippen LogP contribution in [0.2, 0.25) is 10.0 Å². The first-order chi connectivity index (χ1) is 19.8. The maximum atomic E-state index is 13.9. The zero-order chi connectivity index (χ0) is 29.5. The molecule has 3 aliphatic rings. The number of hydrogen-bond donors (Lipinski definition) is 2. The quantitative estimate of drug-likeness (QED) is 0.486. The molecule has 0 spiro atoms. The van der Waals surface area contributed by atoms with Gasteiger partial charge in [0, 0.05) is 38.3 Å². The van der Waals surface area contributed by atoms with Crippen molar-refractivity contribution in [3.63, 3.8) is 0 Å². The van der Waals surface area contributed by atoms with Crippen LogP contribution in [0.15, 0.2) is 42.5 Å². The summed E-state index contributed by atoms with van der Waals surface area (Å²) in [6.07, 6.45) is 3.76. The first kappa shape index (κ1) is 30.8. The van der Waals surface area contributed by atoms with Crippen LogP contribution in [0.1, 0.15) is 42.4 Å². The Morgan fingerprint density at radius 3 is 2.54 bits per heavy atom. The molecule has 1 unspecified atom stereocenters. The van der Waals surface area contributed by atoms with Crippen molar-refractivity contribution in [3.8, 4) is 6.07 Å². The number of fused-ring (bicyclic) bond motifs is 2. The van der Waals surface area contributed by atoms with Gasteiger partial charge in [-0.3, -0.25) is 19.3 Å². The Morgan fingerprint density at radius 2 is 1.85 bits per heavy atom. The zero-order valence-corrected chi connectivity index (χ0v) is 24.3. The maximum absolute atomic E-state index is 13.9. The van der Waals surface area contributed by atoms with E-state index < -0.39 is 6.04 Å². The van der Waals surface area contributed by atoms with Crippen molar-refractivity contribution in [1.29, 1.82) is 5.26 Å². The van der Waals surface area contributed by atoms with E-state index in [-0.39, 0.29) is 42.8 Å². The van der Waals surface area contributed by atoms with Crippen molar-refractivity contribution >= 4 is 41.5 Å². The lowest BCUT2D eigenvalue weighted by molar-refractivity contribution is -0.147. The van der Waals surface area contributed by atoms with E-state index in [2.05, 4.69) is 23.1 Å². The number of aryl methyl sites for hydroxylation is 1. The largest absolute Gasteiger partial charge is 0.483 e. The zero-order valence-electron chi connectivity index (χ0n) is 22.8. The molecule has 2 fully saturated rings. The molecule has 2 saturated heterocycles. The number of nitrogens with zero attached hydrogens (tertiary/aromatic N) is 4. The fourth-order valence-corrected chi connectivity index (χ4v) is 6.63. The maximum Gasteiger partial charge on any atom is 0.290 e. The number of amides is 2. The van der Waals surface area contributed by atoms with Crippen molar-refractivity contribution in [3.05, 3.63) is 69.2 Å². The lowest BCUT2D eigenvalue weighted by atomic mass is 9.98. The molecule has 9 nitrogen and oxygen atoms in total. The van der Waals surface area contributed by atoms with Crippen LogP contribution in [0, 0.1) is 11.3 Å². The third-order valence-electron chi connectivity index (χ3n) is 8.23. The molecule has 5 rings (SSSR count). The SMILES string of the molecule is N#CC[C@H](C(=O)N1CCc2cc(Cl)c(Cl)cc2C1)N1CCC(CCc2ccccc2)N2C[C@H](N)C[C@H]2C1=O.O=CO. The number of rotatable bonds is 6. The van der Waals surface area contributed by atoms with E-state index in [0.717, 1.165) is 30.4 Å². The minimum atomic E-state index is -0.816. The summed E-state index contributed by atoms with van der Waals surface area (Å²) in [7, 11) is 0. The minimum absolute atomic E-state index is 0.0389. The summed E-state index contributed by atoms with van der Waals surface area (Å²) in [5.74, 6) is -0.269. The van der Waals surface area contributed by atoms with Crippen LogP contribution < -0.4 is 5.73 Å². The number of carboxylic acid groups (broad SMARTS) is 1. The smallest absolute Gasteiger partial charge is 0.290 e. The molecule has 218 valence electrons. The van der Waals surface area contributed by atoms with Gasteiger partial charge >= 0.3 is 0 Å². The van der Waals surface area contributed by atoms with Gasteiger partial charge in [-0.25, -0.2) is 0 Å². The fourth-order valence-electron chi connectivity index (χ4n) is 6.26. The summed E-state index contributed by atoms with van der Waals surface area (Å²) >= 11 is 12.4. The third kappa shape index (κ3) is 7.19. The van der Waals surface area contributed by atoms with E-state index in [9.17, 15) is 14.9 Å². The summed E-state index contributed by atoms with van der Waals surface area (Å²) in [6.45, 7) is 1.76. The lowest BCUT2D eigenvalue weighted by Gasteiger charge is -2.36. The standard InChI is InChI=1S/C29H33Cl2N5O2.CH2O2/c30-24-14-20-9-12-34(17-21(20)15-25(24)31)28(37)26(8-11-32)35-13-10-23(7-6-19-4-2-1-3-5-19)36-18-22(33)16-27(36)29(35)38;2-1-3/h1-5,14-15,22-23,26-27H,6-10,12-13,16-18,33H2;1H,(H,2,3)/t22-,23?,26-,27+;/m1./s1. The molecule has 4 atom stereocenters. The molecule has 2 aromatic rings. The third-order valence-corrected chi connectivity index (χ3v) is 8.96. The number of hydrogen-bond acceptors (Lipinski definition) is 6. The van der Waals surface area contributed by atoms with E-state index in [4.69, 9.17) is 38.8 Å². The number of nitrogens with two attached hydrogens (primary N) is 1. The molecule has 0 saturated carbocycles. The molecule has 0 aliphatic carbocycles. The Hall–Kier alpha value is -3.16. The van der Waals surface area contributed by atoms with Crippen LogP contribution in [-0.4, -0.2) is 81.9 Å². The highest BCUT2D eigenvalue weighted by molar-refractivity contribution is 6.42. The van der Waals surface area contributed by atoms with Crippen LogP contribution in [0.4, 0.5) is 0 Å². The van der Waals surface area contributed by atoms with Gasteiger partial charge in [0.05, 0.1) is 28.6 Å². The molecule has 3 N–H and O–H groups in total. The number of benzene rings is 2. The lowest BCUT2D eigenvalue weighted by Crippen LogP contribution is -2.54. The van der Waals surface area contributed by atoms with E-state index in [1.165, 1.54) is 5.56 Å². The van der Waals surface area contributed by atoms with E-state index >= 15 is 0 Å². The molecule has 3 aliphatic heterocycles. The molecule has 0 bridgehead atoms. The average Bonchev–Trinajstić information content (AvgIpc) is 3.31. The summed E-state index contributed by atoms with van der Waals surface area (Å²) in [4.78, 5) is 41.8. The molecule has 0 radical (unpaired) electrons. The van der Waals surface area contributed by atoms with Crippen LogP contribution in [0.3, 0.4) is 0 Å². The average molecular weight is 601 g/mol. The van der Waals surface area contributed by atoms with Crippen molar-refractivity contribution < 1.29 is 19.5 Å². The first-order valence-electron chi connectivity index (χ1n) is 13.8. The van der Waals surface area contributed by atoms with Gasteiger partial charge in [-0.1, -0.05) is 53.5 Å². The Kier molecular flexibility index (Phi) is 10.6. The van der Waals surface area contributed by atoms with Gasteiger partial charge in [-0.15, -0.1) is 0 Å². The van der Waals surface area contributed by atoms with E-state index in [0.29, 0.717) is 49.1 Å². The van der Waals surface area contributed by atoms with Gasteiger partial charge in [0.25, 0.3) is 6.47 Å². The van der Waals surface area contributed by atoms with Crippen LogP contribution in [0.25, 0.3) is 0 Å². The van der Waals surface area contributed by atoms with E-state index in [1.807, 2.05) is 30.3 Å². The second kappa shape index (κ2) is 14.1. The molecular formula is C30H35Cl2N5O4. The van der Waals surface area contributed by atoms with Crippen LogP contribution >= 0.6 is 23.2 Å². The Balaban J connectivity index is 0.00000124. The summed E-state index contributed by atoms with van der Waals surface area (Å²) in [6, 6.07) is 15.1. The number of halogens is 2. The molecule has 11 heteroatoms. The topological polar surface area (TPSA) is 131 Å². The highest BCUT2D eigenvalue weighted by Gasteiger charge is 2.46. The van der Waals surface area contributed by atoms with Gasteiger partial charge < -0.3 is 20.6 Å². The summed E-state index contributed by atoms with van der Waals surface area (Å²) in [5.41, 5.74) is 9.63. The normalized spacial score (nSPS) is 22.9. The number of carbonyl (C=O) groups excluding carboxylic acids is 2. The van der Waals surface area contributed by atoms with Gasteiger partial charge in [-0.05, 0) is 60.9 Å². The monoisotopic (exact) mass is 599 g/mol. The predicted octanol–water partition coefficient (Wildman–Crippen LogP) is 3.50. The molecule has 41 heavy (non-hydrogen) atoms. The minimum Gasteiger partial charge on any atom is -0.483 e. The predicted molar refractivity (Wildman–Crippen MR) is 156 cm³/mol. The Labute approximate surface area is 250 Å². The highest BCUT2D eigenvalue weighted by atomic mass is 35.5. The van der Waals surface area contributed by atoms with Crippen molar-refractivity contribution in [2.24, 2.45) is 5.73 Å². The van der Waals surface area contributed by atoms with Gasteiger partial charge in [0.1, 0.15) is 6.04 Å². The van der Waals surface area contributed by atoms with Crippen LogP contribution in [-0.2, 0) is 33.8 Å². The van der Waals surface area contributed by atoms with Crippen molar-refractivity contribution in [1.82, 2.24) is 14.7 Å². The molecule has 0 aromatic heterocycles. The van der Waals surface area contributed by atoms with Crippen molar-refractivity contribution in [2.45, 2.75) is 69.2 Å². The molecule has 2 amide bonds. The summed E-state index contributed by atoms with van der Waals surface area (Å²) in [5, 5.41) is 17.5. The second-order valence-electron chi connectivity index (χ2n) is 10.7. The van der Waals surface area contributed by atoms with Gasteiger partial charge in [-0.2, -0.15) is 5.26 Å². The van der Waals surface area contributed by atoms with E-state index in [1.54, 1.807) is 9.80 Å².